The maximum atomic E-state index is 9.10. The molecule has 2 aliphatic rings. The van der Waals surface area contributed by atoms with Crippen LogP contribution >= 0.6 is 0 Å². The monoisotopic (exact) mass is 232 g/mol. The van der Waals surface area contributed by atoms with Gasteiger partial charge in [0.1, 0.15) is 0 Å². The van der Waals surface area contributed by atoms with E-state index in [1.807, 2.05) is 13.8 Å². The molecule has 0 aromatic heterocycles. The number of aliphatic hydroxyl groups is 2. The van der Waals surface area contributed by atoms with Crippen LogP contribution in [0.1, 0.15) is 26.7 Å². The van der Waals surface area contributed by atoms with Gasteiger partial charge in [0.15, 0.2) is 0 Å². The molecule has 0 aliphatic carbocycles. The van der Waals surface area contributed by atoms with Crippen LogP contribution in [0.5, 0.6) is 0 Å². The zero-order valence-corrected chi connectivity index (χ0v) is 10.3. The zero-order valence-electron chi connectivity index (χ0n) is 10.3. The SMILES string of the molecule is C[C@@H]1COCC[C@H]1O.C[C@H]1COCC[C@@H]1O. The second kappa shape index (κ2) is 7.22. The largest absolute Gasteiger partial charge is 0.393 e. The summed E-state index contributed by atoms with van der Waals surface area (Å²) in [5.74, 6) is 0.674. The van der Waals surface area contributed by atoms with Crippen molar-refractivity contribution in [1.29, 1.82) is 0 Å². The number of hydrogen-bond donors (Lipinski definition) is 2. The summed E-state index contributed by atoms with van der Waals surface area (Å²) in [4.78, 5) is 0. The van der Waals surface area contributed by atoms with Crippen molar-refractivity contribution in [2.24, 2.45) is 11.8 Å². The van der Waals surface area contributed by atoms with Crippen molar-refractivity contribution < 1.29 is 19.7 Å². The van der Waals surface area contributed by atoms with E-state index in [1.165, 1.54) is 0 Å². The predicted octanol–water partition coefficient (Wildman–Crippen LogP) is 0.807. The Morgan fingerprint density at radius 2 is 1.19 bits per heavy atom. The maximum absolute atomic E-state index is 9.10. The summed E-state index contributed by atoms with van der Waals surface area (Å²) >= 11 is 0. The second-order valence-corrected chi connectivity index (χ2v) is 4.82. The molecule has 2 fully saturated rings. The second-order valence-electron chi connectivity index (χ2n) is 4.82. The quantitative estimate of drug-likeness (QED) is 0.649. The molecule has 16 heavy (non-hydrogen) atoms. The molecule has 96 valence electrons. The molecule has 2 saturated heterocycles. The first-order chi connectivity index (χ1) is 7.61. The minimum absolute atomic E-state index is 0.122. The molecule has 2 rings (SSSR count). The molecule has 2 heterocycles. The number of aliphatic hydroxyl groups excluding tert-OH is 2. The summed E-state index contributed by atoms with van der Waals surface area (Å²) in [5, 5.41) is 18.2. The van der Waals surface area contributed by atoms with Gasteiger partial charge in [-0.25, -0.2) is 0 Å². The first-order valence-electron chi connectivity index (χ1n) is 6.13. The highest BCUT2D eigenvalue weighted by Gasteiger charge is 2.18. The van der Waals surface area contributed by atoms with Crippen LogP contribution < -0.4 is 0 Å². The number of rotatable bonds is 0. The van der Waals surface area contributed by atoms with Crippen LogP contribution in [0, 0.1) is 11.8 Å². The van der Waals surface area contributed by atoms with E-state index >= 15 is 0 Å². The highest BCUT2D eigenvalue weighted by molar-refractivity contribution is 4.67. The van der Waals surface area contributed by atoms with Crippen LogP contribution in [0.3, 0.4) is 0 Å². The van der Waals surface area contributed by atoms with Gasteiger partial charge in [0.25, 0.3) is 0 Å². The first-order valence-corrected chi connectivity index (χ1v) is 6.13. The van der Waals surface area contributed by atoms with Crippen molar-refractivity contribution in [2.75, 3.05) is 26.4 Å². The molecule has 0 spiro atoms. The summed E-state index contributed by atoms with van der Waals surface area (Å²) in [6.45, 7) is 6.91. The summed E-state index contributed by atoms with van der Waals surface area (Å²) in [5.41, 5.74) is 0. The standard InChI is InChI=1S/2C6H12O2/c2*1-5-4-8-3-2-6(5)7/h2*5-7H,2-4H2,1H3/t2*5-,6-/m10/s1. The van der Waals surface area contributed by atoms with Gasteiger partial charge in [-0.15, -0.1) is 0 Å². The van der Waals surface area contributed by atoms with Crippen LogP contribution in [-0.4, -0.2) is 48.8 Å². The van der Waals surface area contributed by atoms with E-state index in [1.54, 1.807) is 0 Å². The van der Waals surface area contributed by atoms with Crippen molar-refractivity contribution in [2.45, 2.75) is 38.9 Å². The Morgan fingerprint density at radius 3 is 1.38 bits per heavy atom. The predicted molar refractivity (Wildman–Crippen MR) is 61.2 cm³/mol. The highest BCUT2D eigenvalue weighted by atomic mass is 16.5. The molecule has 0 aromatic rings. The molecule has 0 amide bonds. The van der Waals surface area contributed by atoms with E-state index < -0.39 is 0 Å². The van der Waals surface area contributed by atoms with E-state index in [2.05, 4.69) is 0 Å². The molecule has 0 radical (unpaired) electrons. The maximum Gasteiger partial charge on any atom is 0.0609 e. The lowest BCUT2D eigenvalue weighted by atomic mass is 10.0. The zero-order chi connectivity index (χ0) is 12.0. The van der Waals surface area contributed by atoms with Crippen LogP contribution in [0.25, 0.3) is 0 Å². The molecule has 4 heteroatoms. The third-order valence-electron chi connectivity index (χ3n) is 3.19. The van der Waals surface area contributed by atoms with Crippen molar-refractivity contribution in [3.05, 3.63) is 0 Å². The molecule has 2 aliphatic heterocycles. The molecule has 0 bridgehead atoms. The summed E-state index contributed by atoms with van der Waals surface area (Å²) in [6.07, 6.45) is 1.37. The number of ether oxygens (including phenoxy) is 2. The average molecular weight is 232 g/mol. The van der Waals surface area contributed by atoms with Gasteiger partial charge in [0, 0.05) is 25.0 Å². The fourth-order valence-electron chi connectivity index (χ4n) is 1.74. The van der Waals surface area contributed by atoms with Crippen LogP contribution in [-0.2, 0) is 9.47 Å². The van der Waals surface area contributed by atoms with Crippen LogP contribution in [0.4, 0.5) is 0 Å². The molecule has 4 nitrogen and oxygen atoms in total. The van der Waals surface area contributed by atoms with Gasteiger partial charge in [0.2, 0.25) is 0 Å². The lowest BCUT2D eigenvalue weighted by Crippen LogP contribution is -2.29. The van der Waals surface area contributed by atoms with Crippen molar-refractivity contribution in [1.82, 2.24) is 0 Å². The van der Waals surface area contributed by atoms with Gasteiger partial charge in [-0.3, -0.25) is 0 Å². The Bertz CT molecular complexity index is 146. The van der Waals surface area contributed by atoms with Crippen LogP contribution in [0.15, 0.2) is 0 Å². The fraction of sp³-hybridized carbons (Fsp3) is 1.00. The molecule has 0 unspecified atom stereocenters. The Kier molecular flexibility index (Phi) is 6.28. The molecule has 4 atom stereocenters. The molecular formula is C12H24O4. The normalized spacial score (nSPS) is 39.8. The third kappa shape index (κ3) is 4.78. The van der Waals surface area contributed by atoms with E-state index in [9.17, 15) is 0 Å². The third-order valence-corrected chi connectivity index (χ3v) is 3.19. The minimum atomic E-state index is -0.122. The lowest BCUT2D eigenvalue weighted by Gasteiger charge is -2.23. The van der Waals surface area contributed by atoms with Gasteiger partial charge in [0.05, 0.1) is 25.4 Å². The summed E-state index contributed by atoms with van der Waals surface area (Å²) in [6, 6.07) is 0. The van der Waals surface area contributed by atoms with E-state index in [-0.39, 0.29) is 12.2 Å². The van der Waals surface area contributed by atoms with E-state index in [0.29, 0.717) is 11.8 Å². The minimum Gasteiger partial charge on any atom is -0.393 e. The fourth-order valence-corrected chi connectivity index (χ4v) is 1.74. The lowest BCUT2D eigenvalue weighted by molar-refractivity contribution is -0.0284. The molecule has 2 N–H and O–H groups in total. The Labute approximate surface area is 97.6 Å². The average Bonchev–Trinajstić information content (AvgIpc) is 2.28. The van der Waals surface area contributed by atoms with Gasteiger partial charge >= 0.3 is 0 Å². The van der Waals surface area contributed by atoms with Crippen molar-refractivity contribution in [3.8, 4) is 0 Å². The first kappa shape index (κ1) is 13.9. The molecular weight excluding hydrogens is 208 g/mol. The molecule has 0 aromatic carbocycles. The smallest absolute Gasteiger partial charge is 0.0609 e. The van der Waals surface area contributed by atoms with Crippen molar-refractivity contribution >= 4 is 0 Å². The highest BCUT2D eigenvalue weighted by Crippen LogP contribution is 2.13. The number of hydrogen-bond acceptors (Lipinski definition) is 4. The van der Waals surface area contributed by atoms with Gasteiger partial charge in [-0.05, 0) is 12.8 Å². The Morgan fingerprint density at radius 1 is 0.812 bits per heavy atom. The molecule has 0 saturated carbocycles. The summed E-state index contributed by atoms with van der Waals surface area (Å²) in [7, 11) is 0. The van der Waals surface area contributed by atoms with Gasteiger partial charge < -0.3 is 19.7 Å². The van der Waals surface area contributed by atoms with Crippen molar-refractivity contribution in [3.63, 3.8) is 0 Å². The Balaban J connectivity index is 0.000000160. The topological polar surface area (TPSA) is 58.9 Å². The van der Waals surface area contributed by atoms with E-state index in [4.69, 9.17) is 19.7 Å². The van der Waals surface area contributed by atoms with Gasteiger partial charge in [-0.1, -0.05) is 13.8 Å². The van der Waals surface area contributed by atoms with Crippen LogP contribution in [0.2, 0.25) is 0 Å². The summed E-state index contributed by atoms with van der Waals surface area (Å²) < 4.78 is 10.2. The van der Waals surface area contributed by atoms with Gasteiger partial charge in [-0.2, -0.15) is 0 Å². The Hall–Kier alpha value is -0.160. The van der Waals surface area contributed by atoms with E-state index in [0.717, 1.165) is 39.3 Å².